The number of rotatable bonds is 5. The smallest absolute Gasteiger partial charge is 0.127 e. The third-order valence-electron chi connectivity index (χ3n) is 2.76. The number of hydrogen-bond acceptors (Lipinski definition) is 4. The van der Waals surface area contributed by atoms with E-state index in [4.69, 9.17) is 5.11 Å². The first kappa shape index (κ1) is 13.5. The fourth-order valence-corrected chi connectivity index (χ4v) is 1.84. The summed E-state index contributed by atoms with van der Waals surface area (Å²) in [5, 5.41) is 28.0. The number of nitrogens with zero attached hydrogens (tertiary/aromatic N) is 2. The molecular formula is C13H18N2O2. The highest BCUT2D eigenvalue weighted by Crippen LogP contribution is 2.28. The second kappa shape index (κ2) is 6.24. The van der Waals surface area contributed by atoms with Crippen molar-refractivity contribution < 1.29 is 10.2 Å². The molecule has 0 saturated carbocycles. The molecule has 17 heavy (non-hydrogen) atoms. The zero-order valence-corrected chi connectivity index (χ0v) is 10.2. The Balaban J connectivity index is 3.08. The zero-order valence-electron chi connectivity index (χ0n) is 10.2. The van der Waals surface area contributed by atoms with E-state index in [9.17, 15) is 10.4 Å². The van der Waals surface area contributed by atoms with Crippen LogP contribution in [0, 0.1) is 18.3 Å². The van der Waals surface area contributed by atoms with Crippen LogP contribution in [0.25, 0.3) is 0 Å². The maximum Gasteiger partial charge on any atom is 0.127 e. The Morgan fingerprint density at radius 2 is 2.18 bits per heavy atom. The van der Waals surface area contributed by atoms with Crippen LogP contribution in [0.2, 0.25) is 0 Å². The SMILES string of the molecule is CCN(CCO)C(C#N)c1cc(C)ccc1O. The molecule has 0 spiro atoms. The molecule has 0 aromatic heterocycles. The number of hydrogen-bond donors (Lipinski definition) is 2. The number of aromatic hydroxyl groups is 1. The van der Waals surface area contributed by atoms with Crippen LogP contribution in [0.5, 0.6) is 5.75 Å². The van der Waals surface area contributed by atoms with E-state index in [1.54, 1.807) is 12.1 Å². The van der Waals surface area contributed by atoms with E-state index in [0.717, 1.165) is 5.56 Å². The van der Waals surface area contributed by atoms with Crippen molar-refractivity contribution in [1.82, 2.24) is 4.90 Å². The molecule has 1 aromatic carbocycles. The van der Waals surface area contributed by atoms with Gasteiger partial charge in [-0.1, -0.05) is 18.6 Å². The van der Waals surface area contributed by atoms with Crippen LogP contribution in [-0.4, -0.2) is 34.8 Å². The topological polar surface area (TPSA) is 67.5 Å². The molecule has 0 aliphatic rings. The number of nitriles is 1. The van der Waals surface area contributed by atoms with Crippen molar-refractivity contribution >= 4 is 0 Å². The monoisotopic (exact) mass is 234 g/mol. The minimum Gasteiger partial charge on any atom is -0.508 e. The lowest BCUT2D eigenvalue weighted by molar-refractivity contribution is 0.179. The van der Waals surface area contributed by atoms with Gasteiger partial charge in [-0.15, -0.1) is 0 Å². The number of aryl methyl sites for hydroxylation is 1. The first-order valence-corrected chi connectivity index (χ1v) is 5.68. The van der Waals surface area contributed by atoms with Gasteiger partial charge in [0.2, 0.25) is 0 Å². The largest absolute Gasteiger partial charge is 0.508 e. The molecule has 4 heteroatoms. The quantitative estimate of drug-likeness (QED) is 0.811. The Kier molecular flexibility index (Phi) is 4.95. The summed E-state index contributed by atoms with van der Waals surface area (Å²) < 4.78 is 0. The maximum atomic E-state index is 9.81. The van der Waals surface area contributed by atoms with Crippen LogP contribution >= 0.6 is 0 Å². The molecule has 1 rings (SSSR count). The molecule has 2 N–H and O–H groups in total. The normalized spacial score (nSPS) is 12.4. The van der Waals surface area contributed by atoms with E-state index < -0.39 is 6.04 Å². The van der Waals surface area contributed by atoms with Crippen molar-refractivity contribution in [3.05, 3.63) is 29.3 Å². The maximum absolute atomic E-state index is 9.81. The number of aliphatic hydroxyl groups is 1. The molecule has 0 heterocycles. The number of phenolic OH excluding ortho intramolecular Hbond substituents is 1. The van der Waals surface area contributed by atoms with Gasteiger partial charge in [-0.25, -0.2) is 0 Å². The highest BCUT2D eigenvalue weighted by molar-refractivity contribution is 5.40. The van der Waals surface area contributed by atoms with E-state index in [2.05, 4.69) is 6.07 Å². The van der Waals surface area contributed by atoms with Gasteiger partial charge in [0, 0.05) is 12.1 Å². The molecule has 4 nitrogen and oxygen atoms in total. The van der Waals surface area contributed by atoms with Crippen molar-refractivity contribution in [3.63, 3.8) is 0 Å². The van der Waals surface area contributed by atoms with Crippen molar-refractivity contribution in [2.45, 2.75) is 19.9 Å². The Bertz CT molecular complexity index is 412. The van der Waals surface area contributed by atoms with Crippen LogP contribution in [0.1, 0.15) is 24.1 Å². The summed E-state index contributed by atoms with van der Waals surface area (Å²) in [4.78, 5) is 1.83. The van der Waals surface area contributed by atoms with E-state index in [0.29, 0.717) is 18.7 Å². The first-order chi connectivity index (χ1) is 8.13. The Labute approximate surface area is 102 Å². The fraction of sp³-hybridized carbons (Fsp3) is 0.462. The molecule has 0 radical (unpaired) electrons. The molecule has 1 unspecified atom stereocenters. The van der Waals surface area contributed by atoms with Gasteiger partial charge in [0.1, 0.15) is 11.8 Å². The third-order valence-corrected chi connectivity index (χ3v) is 2.76. The van der Waals surface area contributed by atoms with Crippen LogP contribution in [0.4, 0.5) is 0 Å². The highest BCUT2D eigenvalue weighted by Gasteiger charge is 2.21. The molecule has 1 aromatic rings. The van der Waals surface area contributed by atoms with Gasteiger partial charge >= 0.3 is 0 Å². The first-order valence-electron chi connectivity index (χ1n) is 5.68. The zero-order chi connectivity index (χ0) is 12.8. The molecule has 0 saturated heterocycles. The van der Waals surface area contributed by atoms with E-state index >= 15 is 0 Å². The Morgan fingerprint density at radius 1 is 1.47 bits per heavy atom. The summed E-state index contributed by atoms with van der Waals surface area (Å²) in [6, 6.07) is 6.86. The number of aliphatic hydroxyl groups excluding tert-OH is 1. The van der Waals surface area contributed by atoms with Gasteiger partial charge in [0.15, 0.2) is 0 Å². The van der Waals surface area contributed by atoms with Gasteiger partial charge in [-0.3, -0.25) is 4.90 Å². The molecular weight excluding hydrogens is 216 g/mol. The Hall–Kier alpha value is -1.57. The fourth-order valence-electron chi connectivity index (χ4n) is 1.84. The van der Waals surface area contributed by atoms with Gasteiger partial charge in [-0.2, -0.15) is 5.26 Å². The van der Waals surface area contributed by atoms with Gasteiger partial charge < -0.3 is 10.2 Å². The molecule has 0 fully saturated rings. The molecule has 0 amide bonds. The minimum atomic E-state index is -0.521. The summed E-state index contributed by atoms with van der Waals surface area (Å²) in [5.74, 6) is 0.124. The van der Waals surface area contributed by atoms with Crippen LogP contribution < -0.4 is 0 Å². The second-order valence-corrected chi connectivity index (χ2v) is 3.95. The van der Waals surface area contributed by atoms with Gasteiger partial charge in [0.05, 0.1) is 12.7 Å². The number of likely N-dealkylation sites (N-methyl/N-ethyl adjacent to an activating group) is 1. The van der Waals surface area contributed by atoms with Crippen molar-refractivity contribution in [3.8, 4) is 11.8 Å². The van der Waals surface area contributed by atoms with Crippen LogP contribution in [0.3, 0.4) is 0 Å². The van der Waals surface area contributed by atoms with E-state index in [-0.39, 0.29) is 12.4 Å². The van der Waals surface area contributed by atoms with Crippen molar-refractivity contribution in [2.75, 3.05) is 19.7 Å². The van der Waals surface area contributed by atoms with Crippen LogP contribution in [0.15, 0.2) is 18.2 Å². The van der Waals surface area contributed by atoms with Gasteiger partial charge in [0.25, 0.3) is 0 Å². The van der Waals surface area contributed by atoms with Gasteiger partial charge in [-0.05, 0) is 25.6 Å². The van der Waals surface area contributed by atoms with E-state index in [1.807, 2.05) is 24.8 Å². The average Bonchev–Trinajstić information content (AvgIpc) is 2.33. The molecule has 0 bridgehead atoms. The molecule has 0 aliphatic carbocycles. The molecule has 92 valence electrons. The average molecular weight is 234 g/mol. The standard InChI is InChI=1S/C13H18N2O2/c1-3-15(6-7-16)12(9-14)11-8-10(2)4-5-13(11)17/h4-5,8,12,16-17H,3,6-7H2,1-2H3. The number of benzene rings is 1. The third kappa shape index (κ3) is 3.19. The highest BCUT2D eigenvalue weighted by atomic mass is 16.3. The summed E-state index contributed by atoms with van der Waals surface area (Å²) in [6.07, 6.45) is 0. The summed E-state index contributed by atoms with van der Waals surface area (Å²) in [5.41, 5.74) is 1.60. The molecule has 1 atom stereocenters. The lowest BCUT2D eigenvalue weighted by Gasteiger charge is -2.25. The second-order valence-electron chi connectivity index (χ2n) is 3.95. The summed E-state index contributed by atoms with van der Waals surface area (Å²) in [7, 11) is 0. The van der Waals surface area contributed by atoms with Crippen LogP contribution in [-0.2, 0) is 0 Å². The lowest BCUT2D eigenvalue weighted by Crippen LogP contribution is -2.30. The summed E-state index contributed by atoms with van der Waals surface area (Å²) >= 11 is 0. The summed E-state index contributed by atoms with van der Waals surface area (Å²) in [6.45, 7) is 4.90. The number of phenols is 1. The minimum absolute atomic E-state index is 0.00139. The predicted octanol–water partition coefficient (Wildman–Crippen LogP) is 1.58. The Morgan fingerprint density at radius 3 is 2.71 bits per heavy atom. The predicted molar refractivity (Wildman–Crippen MR) is 65.5 cm³/mol. The lowest BCUT2D eigenvalue weighted by atomic mass is 10.0. The van der Waals surface area contributed by atoms with E-state index in [1.165, 1.54) is 0 Å². The van der Waals surface area contributed by atoms with Crippen molar-refractivity contribution in [2.24, 2.45) is 0 Å². The van der Waals surface area contributed by atoms with Crippen molar-refractivity contribution in [1.29, 1.82) is 5.26 Å². The molecule has 0 aliphatic heterocycles.